The van der Waals surface area contributed by atoms with Gasteiger partial charge in [0.25, 0.3) is 0 Å². The molecule has 1 atom stereocenters. The first kappa shape index (κ1) is 23.3. The third-order valence-electron chi connectivity index (χ3n) is 4.14. The second-order valence-corrected chi connectivity index (χ2v) is 6.23. The van der Waals surface area contributed by atoms with Crippen molar-refractivity contribution in [3.05, 3.63) is 83.7 Å². The Kier molecular flexibility index (Phi) is 8.97. The molecule has 8 heteroatoms. The van der Waals surface area contributed by atoms with Crippen molar-refractivity contribution in [3.63, 3.8) is 0 Å². The lowest BCUT2D eigenvalue weighted by Gasteiger charge is -2.15. The number of hydrogen-bond acceptors (Lipinski definition) is 7. The number of ether oxygens (including phenoxy) is 3. The number of carbonyl (C=O) groups is 2. The highest BCUT2D eigenvalue weighted by molar-refractivity contribution is 5.81. The summed E-state index contributed by atoms with van der Waals surface area (Å²) in [7, 11) is 4.30. The number of esters is 1. The normalized spacial score (nSPS) is 10.8. The van der Waals surface area contributed by atoms with Crippen LogP contribution in [0.5, 0.6) is 11.8 Å². The molecule has 0 amide bonds. The number of hydrogen-bond donors (Lipinski definition) is 1. The summed E-state index contributed by atoms with van der Waals surface area (Å²) in [6, 6.07) is 19.8. The summed E-state index contributed by atoms with van der Waals surface area (Å²) in [6.07, 6.45) is 0.112. The van der Waals surface area contributed by atoms with Gasteiger partial charge in [-0.3, -0.25) is 9.59 Å². The van der Waals surface area contributed by atoms with Crippen LogP contribution in [0, 0.1) is 0 Å². The van der Waals surface area contributed by atoms with Crippen molar-refractivity contribution in [3.8, 4) is 11.8 Å². The summed E-state index contributed by atoms with van der Waals surface area (Å²) in [5, 5.41) is 8.37. The Labute approximate surface area is 180 Å². The molecule has 1 unspecified atom stereocenters. The highest BCUT2D eigenvalue weighted by atomic mass is 16.5. The Morgan fingerprint density at radius 2 is 1.39 bits per heavy atom. The fraction of sp³-hybridized carbons (Fsp3) is 0.217. The number of carbonyl (C=O) groups excluding carboxylic acids is 1. The topological polar surface area (TPSA) is 108 Å². The van der Waals surface area contributed by atoms with E-state index in [0.29, 0.717) is 11.8 Å². The average molecular weight is 424 g/mol. The maximum Gasteiger partial charge on any atom is 0.320 e. The van der Waals surface area contributed by atoms with E-state index in [1.54, 1.807) is 18.2 Å². The van der Waals surface area contributed by atoms with Gasteiger partial charge in [0.1, 0.15) is 5.92 Å². The van der Waals surface area contributed by atoms with Crippen molar-refractivity contribution in [2.24, 2.45) is 0 Å². The van der Waals surface area contributed by atoms with Crippen LogP contribution >= 0.6 is 0 Å². The standard InChI is InChI=1S/C15H16N2O4.C8H8O2/c1-19-11-9-12(20-2)17-14(16-11)13(15(18)21-3)10-7-5-4-6-8-10;9-8(10)6-7-4-2-1-3-5-7/h4-9,13H,1-3H3;1-5H,6H2,(H,9,10). The van der Waals surface area contributed by atoms with Crippen LogP contribution in [0.1, 0.15) is 22.9 Å². The number of aliphatic carboxylic acids is 1. The molecule has 0 aliphatic carbocycles. The molecule has 1 N–H and O–H groups in total. The largest absolute Gasteiger partial charge is 0.481 e. The van der Waals surface area contributed by atoms with E-state index in [1.165, 1.54) is 21.3 Å². The van der Waals surface area contributed by atoms with Gasteiger partial charge >= 0.3 is 11.9 Å². The van der Waals surface area contributed by atoms with Gasteiger partial charge in [-0.2, -0.15) is 9.97 Å². The molecule has 0 saturated heterocycles. The van der Waals surface area contributed by atoms with Crippen molar-refractivity contribution in [1.29, 1.82) is 0 Å². The molecule has 8 nitrogen and oxygen atoms in total. The molecule has 0 aliphatic rings. The molecule has 0 bridgehead atoms. The highest BCUT2D eigenvalue weighted by Crippen LogP contribution is 2.26. The highest BCUT2D eigenvalue weighted by Gasteiger charge is 2.27. The molecule has 31 heavy (non-hydrogen) atoms. The number of carboxylic acids is 1. The number of benzene rings is 2. The van der Waals surface area contributed by atoms with Crippen LogP contribution in [-0.2, 0) is 20.7 Å². The summed E-state index contributed by atoms with van der Waals surface area (Å²) < 4.78 is 15.1. The summed E-state index contributed by atoms with van der Waals surface area (Å²) in [4.78, 5) is 30.8. The smallest absolute Gasteiger partial charge is 0.320 e. The van der Waals surface area contributed by atoms with Crippen LogP contribution < -0.4 is 9.47 Å². The number of nitrogens with zero attached hydrogens (tertiary/aromatic N) is 2. The van der Waals surface area contributed by atoms with E-state index < -0.39 is 17.9 Å². The molecule has 1 heterocycles. The molecule has 162 valence electrons. The van der Waals surface area contributed by atoms with Crippen molar-refractivity contribution >= 4 is 11.9 Å². The predicted octanol–water partition coefficient (Wildman–Crippen LogP) is 3.11. The molecule has 3 aromatic rings. The van der Waals surface area contributed by atoms with E-state index in [1.807, 2.05) is 48.5 Å². The number of methoxy groups -OCH3 is 3. The lowest BCUT2D eigenvalue weighted by atomic mass is 9.98. The third kappa shape index (κ3) is 7.11. The molecule has 0 spiro atoms. The van der Waals surface area contributed by atoms with E-state index in [-0.39, 0.29) is 12.2 Å². The molecule has 1 aromatic heterocycles. The van der Waals surface area contributed by atoms with Gasteiger partial charge in [-0.1, -0.05) is 60.7 Å². The van der Waals surface area contributed by atoms with Gasteiger partial charge in [0.2, 0.25) is 11.8 Å². The van der Waals surface area contributed by atoms with Crippen LogP contribution in [0.4, 0.5) is 0 Å². The molecular weight excluding hydrogens is 400 g/mol. The molecule has 0 fully saturated rings. The van der Waals surface area contributed by atoms with Crippen molar-refractivity contribution < 1.29 is 28.9 Å². The lowest BCUT2D eigenvalue weighted by Crippen LogP contribution is -2.19. The summed E-state index contributed by atoms with van der Waals surface area (Å²) in [5.41, 5.74) is 1.58. The number of carboxylic acid groups (broad SMARTS) is 1. The zero-order valence-corrected chi connectivity index (χ0v) is 17.5. The minimum absolute atomic E-state index is 0.112. The Hall–Kier alpha value is -3.94. The first-order chi connectivity index (χ1) is 15.0. The van der Waals surface area contributed by atoms with Gasteiger partial charge in [-0.15, -0.1) is 0 Å². The van der Waals surface area contributed by atoms with Crippen LogP contribution in [0.15, 0.2) is 66.7 Å². The van der Waals surface area contributed by atoms with Gasteiger partial charge in [-0.05, 0) is 11.1 Å². The molecule has 3 rings (SSSR count). The summed E-state index contributed by atoms with van der Waals surface area (Å²) in [6.45, 7) is 0. The first-order valence-electron chi connectivity index (χ1n) is 9.34. The molecular formula is C23H24N2O6. The van der Waals surface area contributed by atoms with Crippen LogP contribution in [0.2, 0.25) is 0 Å². The number of aromatic nitrogens is 2. The van der Waals surface area contributed by atoms with Gasteiger partial charge in [0.05, 0.1) is 33.8 Å². The number of rotatable bonds is 7. The van der Waals surface area contributed by atoms with Gasteiger partial charge < -0.3 is 19.3 Å². The van der Waals surface area contributed by atoms with E-state index >= 15 is 0 Å². The SMILES string of the molecule is COC(=O)C(c1ccccc1)c1nc(OC)cc(OC)n1.O=C(O)Cc1ccccc1. The fourth-order valence-corrected chi connectivity index (χ4v) is 2.68. The van der Waals surface area contributed by atoms with Gasteiger partial charge in [0.15, 0.2) is 5.82 Å². The molecule has 2 aromatic carbocycles. The van der Waals surface area contributed by atoms with Crippen molar-refractivity contribution in [2.45, 2.75) is 12.3 Å². The Morgan fingerprint density at radius 1 is 0.871 bits per heavy atom. The quantitative estimate of drug-likeness (QED) is 0.577. The van der Waals surface area contributed by atoms with E-state index in [0.717, 1.165) is 11.1 Å². The monoisotopic (exact) mass is 424 g/mol. The zero-order chi connectivity index (χ0) is 22.6. The van der Waals surface area contributed by atoms with Crippen molar-refractivity contribution in [2.75, 3.05) is 21.3 Å². The molecule has 0 aliphatic heterocycles. The van der Waals surface area contributed by atoms with Gasteiger partial charge in [0, 0.05) is 0 Å². The molecule has 0 radical (unpaired) electrons. The Morgan fingerprint density at radius 3 is 1.84 bits per heavy atom. The summed E-state index contributed by atoms with van der Waals surface area (Å²) >= 11 is 0. The maximum atomic E-state index is 12.1. The first-order valence-corrected chi connectivity index (χ1v) is 9.34. The van der Waals surface area contributed by atoms with Crippen LogP contribution in [0.3, 0.4) is 0 Å². The zero-order valence-electron chi connectivity index (χ0n) is 17.5. The second-order valence-electron chi connectivity index (χ2n) is 6.23. The van der Waals surface area contributed by atoms with E-state index in [4.69, 9.17) is 19.3 Å². The van der Waals surface area contributed by atoms with E-state index in [2.05, 4.69) is 9.97 Å². The predicted molar refractivity (Wildman–Crippen MR) is 113 cm³/mol. The Bertz CT molecular complexity index is 958. The second kappa shape index (κ2) is 11.9. The fourth-order valence-electron chi connectivity index (χ4n) is 2.68. The lowest BCUT2D eigenvalue weighted by molar-refractivity contribution is -0.141. The third-order valence-corrected chi connectivity index (χ3v) is 4.14. The van der Waals surface area contributed by atoms with Crippen LogP contribution in [-0.4, -0.2) is 48.3 Å². The van der Waals surface area contributed by atoms with E-state index in [9.17, 15) is 9.59 Å². The minimum atomic E-state index is -0.786. The minimum Gasteiger partial charge on any atom is -0.481 e. The Balaban J connectivity index is 0.000000285. The van der Waals surface area contributed by atoms with Crippen LogP contribution in [0.25, 0.3) is 0 Å². The summed E-state index contributed by atoms with van der Waals surface area (Å²) in [5.74, 6) is -1.06. The maximum absolute atomic E-state index is 12.1. The van der Waals surface area contributed by atoms with Crippen molar-refractivity contribution in [1.82, 2.24) is 9.97 Å². The van der Waals surface area contributed by atoms with Gasteiger partial charge in [-0.25, -0.2) is 0 Å². The molecule has 0 saturated carbocycles. The average Bonchev–Trinajstić information content (AvgIpc) is 2.80.